The third-order valence-electron chi connectivity index (χ3n) is 5.84. The number of carbonyl (C=O) groups is 1. The van der Waals surface area contributed by atoms with Gasteiger partial charge in [0.25, 0.3) is 5.91 Å². The number of para-hydroxylation sites is 1. The molecular formula is C27H25ClN4O3. The van der Waals surface area contributed by atoms with Gasteiger partial charge in [0, 0.05) is 35.2 Å². The third-order valence-corrected chi connectivity index (χ3v) is 6.09. The van der Waals surface area contributed by atoms with Crippen LogP contribution < -0.4 is 5.32 Å². The Balaban J connectivity index is 1.27. The number of H-pyrrole nitrogens is 1. The zero-order valence-corrected chi connectivity index (χ0v) is 19.8. The van der Waals surface area contributed by atoms with Crippen LogP contribution in [0, 0.1) is 0 Å². The lowest BCUT2D eigenvalue weighted by atomic mass is 10.1. The summed E-state index contributed by atoms with van der Waals surface area (Å²) in [5.41, 5.74) is 3.77. The van der Waals surface area contributed by atoms with Crippen LogP contribution in [0.2, 0.25) is 5.02 Å². The number of nitrogens with one attached hydrogen (secondary N) is 2. The van der Waals surface area contributed by atoms with E-state index in [1.54, 1.807) is 18.4 Å². The van der Waals surface area contributed by atoms with Gasteiger partial charge in [-0.1, -0.05) is 41.9 Å². The number of hydrogen-bond donors (Lipinski definition) is 2. The van der Waals surface area contributed by atoms with E-state index in [0.29, 0.717) is 36.3 Å². The van der Waals surface area contributed by atoms with Gasteiger partial charge in [-0.05, 0) is 47.9 Å². The summed E-state index contributed by atoms with van der Waals surface area (Å²) in [4.78, 5) is 22.5. The van der Waals surface area contributed by atoms with Crippen LogP contribution >= 0.6 is 11.6 Å². The van der Waals surface area contributed by atoms with E-state index in [4.69, 9.17) is 20.4 Å². The van der Waals surface area contributed by atoms with Crippen molar-refractivity contribution in [2.45, 2.75) is 26.1 Å². The Labute approximate surface area is 207 Å². The van der Waals surface area contributed by atoms with Crippen molar-refractivity contribution in [3.8, 4) is 0 Å². The lowest BCUT2D eigenvalue weighted by Crippen LogP contribution is -2.26. The molecule has 0 radical (unpaired) electrons. The molecule has 3 aromatic heterocycles. The number of oxazole rings is 1. The number of benzene rings is 2. The average molecular weight is 489 g/mol. The fourth-order valence-corrected chi connectivity index (χ4v) is 4.16. The summed E-state index contributed by atoms with van der Waals surface area (Å²) in [5.74, 6) is 0.856. The van der Waals surface area contributed by atoms with Crippen LogP contribution in [-0.2, 0) is 26.1 Å². The number of furan rings is 1. The topological polar surface area (TPSA) is 87.3 Å². The number of hydrogen-bond acceptors (Lipinski definition) is 5. The molecule has 2 aromatic carbocycles. The second-order valence-corrected chi connectivity index (χ2v) is 8.77. The molecule has 0 saturated heterocycles. The molecule has 0 aliphatic rings. The molecule has 178 valence electrons. The van der Waals surface area contributed by atoms with Crippen molar-refractivity contribution in [3.05, 3.63) is 113 Å². The summed E-state index contributed by atoms with van der Waals surface area (Å²) in [5, 5.41) is 4.72. The van der Waals surface area contributed by atoms with Crippen molar-refractivity contribution in [3.63, 3.8) is 0 Å². The number of rotatable bonds is 10. The first kappa shape index (κ1) is 23.0. The third kappa shape index (κ3) is 5.82. The number of carbonyl (C=O) groups excluding carboxylic acids is 1. The maximum Gasteiger partial charge on any atom is 0.273 e. The Morgan fingerprint density at radius 2 is 1.89 bits per heavy atom. The minimum atomic E-state index is -0.306. The highest BCUT2D eigenvalue weighted by atomic mass is 35.5. The van der Waals surface area contributed by atoms with Crippen LogP contribution in [-0.4, -0.2) is 27.3 Å². The molecule has 0 atom stereocenters. The highest BCUT2D eigenvalue weighted by molar-refractivity contribution is 6.30. The molecule has 1 amide bonds. The van der Waals surface area contributed by atoms with E-state index in [-0.39, 0.29) is 11.6 Å². The van der Waals surface area contributed by atoms with Gasteiger partial charge in [-0.15, -0.1) is 0 Å². The molecule has 0 unspecified atom stereocenters. The number of aromatic amines is 1. The standard InChI is InChI=1S/C27H25ClN4O3/c28-21-9-7-19(8-10-21)16-32(12-11-20-14-29-24-6-2-1-5-23(20)24)17-26-31-25(18-35-26)27(33)30-15-22-4-3-13-34-22/h1-10,13-14,18,29H,11-12,15-17H2,(H,30,33). The molecule has 0 fully saturated rings. The summed E-state index contributed by atoms with van der Waals surface area (Å²) in [6.45, 7) is 2.24. The summed E-state index contributed by atoms with van der Waals surface area (Å²) in [6, 6.07) is 19.7. The zero-order valence-electron chi connectivity index (χ0n) is 19.0. The minimum Gasteiger partial charge on any atom is -0.467 e. The molecule has 35 heavy (non-hydrogen) atoms. The molecule has 8 heteroatoms. The minimum absolute atomic E-state index is 0.245. The quantitative estimate of drug-likeness (QED) is 0.268. The van der Waals surface area contributed by atoms with Gasteiger partial charge >= 0.3 is 0 Å². The number of fused-ring (bicyclic) bond motifs is 1. The van der Waals surface area contributed by atoms with E-state index < -0.39 is 0 Å². The molecule has 0 saturated carbocycles. The first-order valence-electron chi connectivity index (χ1n) is 11.4. The lowest BCUT2D eigenvalue weighted by molar-refractivity contribution is 0.0943. The zero-order chi connectivity index (χ0) is 24.0. The molecule has 3 heterocycles. The van der Waals surface area contributed by atoms with Crippen LogP contribution in [0.5, 0.6) is 0 Å². The largest absolute Gasteiger partial charge is 0.467 e. The number of nitrogens with zero attached hydrogens (tertiary/aromatic N) is 2. The molecule has 7 nitrogen and oxygen atoms in total. The second kappa shape index (κ2) is 10.6. The molecule has 5 aromatic rings. The van der Waals surface area contributed by atoms with E-state index in [1.807, 2.05) is 30.3 Å². The number of halogens is 1. The Hall–Kier alpha value is -3.81. The highest BCUT2D eigenvalue weighted by Gasteiger charge is 2.16. The van der Waals surface area contributed by atoms with Gasteiger partial charge in [0.05, 0.1) is 19.4 Å². The molecule has 0 bridgehead atoms. The van der Waals surface area contributed by atoms with Crippen molar-refractivity contribution in [1.29, 1.82) is 0 Å². The van der Waals surface area contributed by atoms with Crippen LogP contribution in [0.25, 0.3) is 10.9 Å². The van der Waals surface area contributed by atoms with Gasteiger partial charge in [0.2, 0.25) is 5.89 Å². The molecule has 0 aliphatic carbocycles. The maximum atomic E-state index is 12.5. The van der Waals surface area contributed by atoms with Crippen molar-refractivity contribution < 1.29 is 13.6 Å². The summed E-state index contributed by atoms with van der Waals surface area (Å²) < 4.78 is 10.9. The van der Waals surface area contributed by atoms with Gasteiger partial charge in [-0.3, -0.25) is 9.69 Å². The number of aromatic nitrogens is 2. The van der Waals surface area contributed by atoms with E-state index in [2.05, 4.69) is 44.6 Å². The van der Waals surface area contributed by atoms with E-state index in [9.17, 15) is 4.79 Å². The number of amides is 1. The average Bonchev–Trinajstić information content (AvgIpc) is 3.64. The monoisotopic (exact) mass is 488 g/mol. The normalized spacial score (nSPS) is 11.4. The molecule has 5 rings (SSSR count). The van der Waals surface area contributed by atoms with Gasteiger partial charge in [0.1, 0.15) is 12.0 Å². The molecule has 0 spiro atoms. The van der Waals surface area contributed by atoms with Gasteiger partial charge in [0.15, 0.2) is 5.69 Å². The maximum absolute atomic E-state index is 12.5. The van der Waals surface area contributed by atoms with Crippen molar-refractivity contribution in [1.82, 2.24) is 20.2 Å². The molecular weight excluding hydrogens is 464 g/mol. The fraction of sp³-hybridized carbons (Fsp3) is 0.185. The van der Waals surface area contributed by atoms with Crippen LogP contribution in [0.4, 0.5) is 0 Å². The van der Waals surface area contributed by atoms with Crippen molar-refractivity contribution in [2.24, 2.45) is 0 Å². The van der Waals surface area contributed by atoms with Gasteiger partial charge in [-0.2, -0.15) is 0 Å². The van der Waals surface area contributed by atoms with Crippen LogP contribution in [0.1, 0.15) is 33.3 Å². The Kier molecular flexibility index (Phi) is 6.97. The second-order valence-electron chi connectivity index (χ2n) is 8.34. The van der Waals surface area contributed by atoms with Crippen molar-refractivity contribution in [2.75, 3.05) is 6.54 Å². The Morgan fingerprint density at radius 3 is 2.71 bits per heavy atom. The van der Waals surface area contributed by atoms with Gasteiger partial charge in [-0.25, -0.2) is 4.98 Å². The molecule has 2 N–H and O–H groups in total. The Morgan fingerprint density at radius 1 is 1.03 bits per heavy atom. The predicted octanol–water partition coefficient (Wildman–Crippen LogP) is 5.58. The smallest absolute Gasteiger partial charge is 0.273 e. The first-order valence-corrected chi connectivity index (χ1v) is 11.8. The highest BCUT2D eigenvalue weighted by Crippen LogP contribution is 2.20. The lowest BCUT2D eigenvalue weighted by Gasteiger charge is -2.21. The van der Waals surface area contributed by atoms with E-state index in [1.165, 1.54) is 17.2 Å². The summed E-state index contributed by atoms with van der Waals surface area (Å²) >= 11 is 6.07. The summed E-state index contributed by atoms with van der Waals surface area (Å²) in [6.07, 6.45) is 5.89. The van der Waals surface area contributed by atoms with E-state index >= 15 is 0 Å². The van der Waals surface area contributed by atoms with E-state index in [0.717, 1.165) is 24.0 Å². The fourth-order valence-electron chi connectivity index (χ4n) is 4.03. The first-order chi connectivity index (χ1) is 17.1. The summed E-state index contributed by atoms with van der Waals surface area (Å²) in [7, 11) is 0. The predicted molar refractivity (Wildman–Crippen MR) is 134 cm³/mol. The molecule has 0 aliphatic heterocycles. The Bertz CT molecular complexity index is 1390. The van der Waals surface area contributed by atoms with Gasteiger partial charge < -0.3 is 19.1 Å². The van der Waals surface area contributed by atoms with Crippen molar-refractivity contribution >= 4 is 28.4 Å². The van der Waals surface area contributed by atoms with Crippen LogP contribution in [0.15, 0.2) is 88.2 Å². The SMILES string of the molecule is O=C(NCc1ccco1)c1coc(CN(CCc2c[nH]c3ccccc23)Cc2ccc(Cl)cc2)n1. The van der Waals surface area contributed by atoms with Crippen LogP contribution in [0.3, 0.4) is 0 Å².